The van der Waals surface area contributed by atoms with Crippen LogP contribution in [0.2, 0.25) is 0 Å². The van der Waals surface area contributed by atoms with Gasteiger partial charge in [0.1, 0.15) is 5.78 Å². The zero-order valence-electron chi connectivity index (χ0n) is 11.7. The summed E-state index contributed by atoms with van der Waals surface area (Å²) >= 11 is 0. The largest absolute Gasteiger partial charge is 0.380 e. The van der Waals surface area contributed by atoms with Crippen LogP contribution in [0.15, 0.2) is 0 Å². The molecule has 0 heterocycles. The van der Waals surface area contributed by atoms with Crippen LogP contribution in [-0.4, -0.2) is 44.0 Å². The van der Waals surface area contributed by atoms with E-state index in [1.165, 1.54) is 32.1 Å². The molecule has 104 valence electrons. The molecule has 0 aliphatic heterocycles. The molecule has 0 saturated heterocycles. The number of nitrogens with zero attached hydrogens (tertiary/aromatic N) is 1. The van der Waals surface area contributed by atoms with Gasteiger partial charge in [-0.15, -0.1) is 0 Å². The summed E-state index contributed by atoms with van der Waals surface area (Å²) in [5.74, 6) is 1.62. The highest BCUT2D eigenvalue weighted by Gasteiger charge is 2.22. The number of hydrogen-bond acceptors (Lipinski definition) is 3. The Labute approximate surface area is 111 Å². The minimum atomic E-state index is 0.341. The van der Waals surface area contributed by atoms with E-state index < -0.39 is 0 Å². The van der Waals surface area contributed by atoms with Gasteiger partial charge in [0.15, 0.2) is 0 Å². The molecular formula is C15H27NO2. The monoisotopic (exact) mass is 253 g/mol. The van der Waals surface area contributed by atoms with Gasteiger partial charge in [0.2, 0.25) is 0 Å². The third kappa shape index (κ3) is 5.07. The Hall–Kier alpha value is -0.410. The number of ether oxygens (including phenoxy) is 1. The first-order valence-corrected chi connectivity index (χ1v) is 7.54. The minimum absolute atomic E-state index is 0.341. The maximum absolute atomic E-state index is 12.1. The molecule has 2 fully saturated rings. The van der Waals surface area contributed by atoms with E-state index in [4.69, 9.17) is 4.74 Å². The highest BCUT2D eigenvalue weighted by molar-refractivity contribution is 5.82. The van der Waals surface area contributed by atoms with E-state index in [1.54, 1.807) is 0 Å². The smallest absolute Gasteiger partial charge is 0.149 e. The molecule has 0 unspecified atom stereocenters. The summed E-state index contributed by atoms with van der Waals surface area (Å²) in [6.07, 6.45) is 8.71. The van der Waals surface area contributed by atoms with Gasteiger partial charge in [-0.2, -0.15) is 0 Å². The first kappa shape index (κ1) is 14.0. The summed E-state index contributed by atoms with van der Waals surface area (Å²) in [6, 6.07) is 0. The van der Waals surface area contributed by atoms with Crippen LogP contribution in [0, 0.1) is 11.8 Å². The average Bonchev–Trinajstić information content (AvgIpc) is 3.20. The molecule has 2 saturated carbocycles. The lowest BCUT2D eigenvalue weighted by Gasteiger charge is -2.23. The van der Waals surface area contributed by atoms with E-state index in [9.17, 15) is 4.79 Å². The Morgan fingerprint density at radius 3 is 2.56 bits per heavy atom. The van der Waals surface area contributed by atoms with Gasteiger partial charge in [0.05, 0.1) is 13.2 Å². The van der Waals surface area contributed by atoms with Crippen molar-refractivity contribution in [2.75, 3.05) is 33.4 Å². The van der Waals surface area contributed by atoms with Crippen molar-refractivity contribution in [3.8, 4) is 0 Å². The Balaban J connectivity index is 1.54. The zero-order valence-corrected chi connectivity index (χ0v) is 11.7. The van der Waals surface area contributed by atoms with Gasteiger partial charge in [-0.25, -0.2) is 0 Å². The Bertz CT molecular complexity index is 257. The third-order valence-electron chi connectivity index (χ3n) is 4.15. The summed E-state index contributed by atoms with van der Waals surface area (Å²) in [5.41, 5.74) is 0. The Morgan fingerprint density at radius 1 is 1.17 bits per heavy atom. The molecule has 18 heavy (non-hydrogen) atoms. The Kier molecular flexibility index (Phi) is 5.64. The maximum atomic E-state index is 12.1. The van der Waals surface area contributed by atoms with Crippen LogP contribution in [0.25, 0.3) is 0 Å². The number of Topliss-reactive ketones (excluding diaryl/α,β-unsaturated/α-hetero) is 1. The molecule has 0 aromatic heterocycles. The summed E-state index contributed by atoms with van der Waals surface area (Å²) in [6.45, 7) is 3.18. The van der Waals surface area contributed by atoms with Crippen LogP contribution in [-0.2, 0) is 9.53 Å². The van der Waals surface area contributed by atoms with Crippen LogP contribution < -0.4 is 0 Å². The van der Waals surface area contributed by atoms with Gasteiger partial charge < -0.3 is 4.74 Å². The van der Waals surface area contributed by atoms with E-state index in [0.717, 1.165) is 38.5 Å². The van der Waals surface area contributed by atoms with Crippen molar-refractivity contribution in [2.45, 2.75) is 44.9 Å². The van der Waals surface area contributed by atoms with Gasteiger partial charge >= 0.3 is 0 Å². The summed E-state index contributed by atoms with van der Waals surface area (Å²) < 4.78 is 5.60. The molecule has 2 aliphatic carbocycles. The van der Waals surface area contributed by atoms with E-state index in [-0.39, 0.29) is 0 Å². The molecule has 2 rings (SSSR count). The first-order valence-electron chi connectivity index (χ1n) is 7.54. The summed E-state index contributed by atoms with van der Waals surface area (Å²) in [5, 5.41) is 0. The van der Waals surface area contributed by atoms with Crippen LogP contribution in [0.1, 0.15) is 44.9 Å². The normalized spacial score (nSPS) is 21.4. The van der Waals surface area contributed by atoms with Gasteiger partial charge in [-0.05, 0) is 38.6 Å². The van der Waals surface area contributed by atoms with Crippen LogP contribution >= 0.6 is 0 Å². The fraction of sp³-hybridized carbons (Fsp3) is 0.933. The lowest BCUT2D eigenvalue weighted by molar-refractivity contribution is -0.124. The highest BCUT2D eigenvalue weighted by Crippen LogP contribution is 2.28. The number of rotatable bonds is 8. The fourth-order valence-electron chi connectivity index (χ4n) is 2.65. The van der Waals surface area contributed by atoms with Gasteiger partial charge in [-0.1, -0.05) is 19.3 Å². The molecule has 0 bridgehead atoms. The zero-order chi connectivity index (χ0) is 12.8. The van der Waals surface area contributed by atoms with Gasteiger partial charge in [0, 0.05) is 19.1 Å². The lowest BCUT2D eigenvalue weighted by Crippen LogP contribution is -2.33. The predicted molar refractivity (Wildman–Crippen MR) is 72.6 cm³/mol. The predicted octanol–water partition coefficient (Wildman–Crippen LogP) is 2.49. The molecule has 0 aromatic carbocycles. The van der Waals surface area contributed by atoms with Crippen molar-refractivity contribution in [1.82, 2.24) is 4.90 Å². The molecule has 0 radical (unpaired) electrons. The standard InChI is InChI=1S/C15H27NO2/c1-16(9-10-18-12-13-7-8-13)11-15(17)14-5-3-2-4-6-14/h13-14H,2-12H2,1H3. The quantitative estimate of drug-likeness (QED) is 0.622. The SMILES string of the molecule is CN(CCOCC1CC1)CC(=O)C1CCCCC1. The summed E-state index contributed by atoms with van der Waals surface area (Å²) in [4.78, 5) is 14.2. The van der Waals surface area contributed by atoms with Crippen LogP contribution in [0.5, 0.6) is 0 Å². The van der Waals surface area contributed by atoms with E-state index in [1.807, 2.05) is 7.05 Å². The molecule has 0 amide bonds. The van der Waals surface area contributed by atoms with Crippen molar-refractivity contribution in [1.29, 1.82) is 0 Å². The topological polar surface area (TPSA) is 29.5 Å². The molecule has 3 heteroatoms. The second-order valence-electron chi connectivity index (χ2n) is 6.06. The van der Waals surface area contributed by atoms with E-state index in [2.05, 4.69) is 4.90 Å². The molecule has 3 nitrogen and oxygen atoms in total. The average molecular weight is 253 g/mol. The van der Waals surface area contributed by atoms with Crippen LogP contribution in [0.3, 0.4) is 0 Å². The van der Waals surface area contributed by atoms with Crippen molar-refractivity contribution in [2.24, 2.45) is 11.8 Å². The molecule has 0 atom stereocenters. The molecule has 0 N–H and O–H groups in total. The third-order valence-corrected chi connectivity index (χ3v) is 4.15. The lowest BCUT2D eigenvalue weighted by atomic mass is 9.86. The Morgan fingerprint density at radius 2 is 1.89 bits per heavy atom. The molecule has 0 spiro atoms. The maximum Gasteiger partial charge on any atom is 0.149 e. The van der Waals surface area contributed by atoms with Crippen molar-refractivity contribution in [3.05, 3.63) is 0 Å². The van der Waals surface area contributed by atoms with Gasteiger partial charge in [-0.3, -0.25) is 9.69 Å². The van der Waals surface area contributed by atoms with Crippen molar-refractivity contribution >= 4 is 5.78 Å². The molecule has 2 aliphatic rings. The fourth-order valence-corrected chi connectivity index (χ4v) is 2.65. The second-order valence-corrected chi connectivity index (χ2v) is 6.06. The number of likely N-dealkylation sites (N-methyl/N-ethyl adjacent to an activating group) is 1. The van der Waals surface area contributed by atoms with E-state index in [0.29, 0.717) is 18.2 Å². The van der Waals surface area contributed by atoms with Gasteiger partial charge in [0.25, 0.3) is 0 Å². The number of hydrogen-bond donors (Lipinski definition) is 0. The number of carbonyl (C=O) groups is 1. The second kappa shape index (κ2) is 7.25. The molecule has 0 aromatic rings. The summed E-state index contributed by atoms with van der Waals surface area (Å²) in [7, 11) is 2.03. The number of ketones is 1. The van der Waals surface area contributed by atoms with E-state index >= 15 is 0 Å². The minimum Gasteiger partial charge on any atom is -0.380 e. The highest BCUT2D eigenvalue weighted by atomic mass is 16.5. The van der Waals surface area contributed by atoms with Crippen molar-refractivity contribution < 1.29 is 9.53 Å². The van der Waals surface area contributed by atoms with Crippen LogP contribution in [0.4, 0.5) is 0 Å². The van der Waals surface area contributed by atoms with Crippen molar-refractivity contribution in [3.63, 3.8) is 0 Å². The molecular weight excluding hydrogens is 226 g/mol. The first-order chi connectivity index (χ1) is 8.75. The number of carbonyl (C=O) groups excluding carboxylic acids is 1.